The van der Waals surface area contributed by atoms with Gasteiger partial charge in [-0.15, -0.1) is 22.7 Å². The van der Waals surface area contributed by atoms with Gasteiger partial charge in [0.2, 0.25) is 0 Å². The molecule has 290 valence electrons. The van der Waals surface area contributed by atoms with E-state index < -0.39 is 11.7 Å². The fourth-order valence-corrected chi connectivity index (χ4v) is 12.2. The van der Waals surface area contributed by atoms with Crippen molar-refractivity contribution in [3.05, 3.63) is 193 Å². The number of alkyl halides is 3. The minimum absolute atomic E-state index is 0.642. The molecule has 0 aliphatic rings. The average Bonchev–Trinajstić information content (AvgIpc) is 3.88. The summed E-state index contributed by atoms with van der Waals surface area (Å²) in [7, 11) is 0. The zero-order valence-corrected chi connectivity index (χ0v) is 34.4. The van der Waals surface area contributed by atoms with Gasteiger partial charge in [-0.1, -0.05) is 163 Å². The number of hydrogen-bond acceptors (Lipinski definition) is 2. The van der Waals surface area contributed by atoms with Crippen LogP contribution in [0.1, 0.15) is 11.1 Å². The summed E-state index contributed by atoms with van der Waals surface area (Å²) in [5.74, 6) is 0. The van der Waals surface area contributed by atoms with Crippen LogP contribution in [-0.4, -0.2) is 0 Å². The van der Waals surface area contributed by atoms with E-state index in [1.165, 1.54) is 92.4 Å². The van der Waals surface area contributed by atoms with Gasteiger partial charge in [0.25, 0.3) is 0 Å². The first-order chi connectivity index (χ1) is 29.8. The summed E-state index contributed by atoms with van der Waals surface area (Å²) in [4.78, 5) is 0. The second kappa shape index (κ2) is 13.6. The van der Waals surface area contributed by atoms with E-state index in [1.54, 1.807) is 23.5 Å². The number of thiophene rings is 2. The van der Waals surface area contributed by atoms with Crippen molar-refractivity contribution in [2.75, 3.05) is 0 Å². The molecule has 0 spiro atoms. The SMILES string of the molecule is Cc1ccc(-c2cccc3c2sc2c(-c4ccc5c6ccc(-c7cccc8c7sc7c(-c9ccc(C(F)(F)F)cc9)cccc78)cc6c6ccccc6c5c4)cccc23)cc1. The Balaban J connectivity index is 0.999. The maximum absolute atomic E-state index is 13.4. The number of fused-ring (bicyclic) bond motifs is 12. The van der Waals surface area contributed by atoms with E-state index in [1.807, 2.05) is 23.5 Å². The van der Waals surface area contributed by atoms with Gasteiger partial charge in [-0.2, -0.15) is 13.2 Å². The summed E-state index contributed by atoms with van der Waals surface area (Å²) >= 11 is 3.59. The molecule has 2 heterocycles. The lowest BCUT2D eigenvalue weighted by molar-refractivity contribution is -0.137. The standard InChI is InChI=1S/C56H33F3S2/c1-32-18-20-33(21-19-32)38-10-4-14-46-48-16-6-12-40(54(48)60-52(38)46)35-24-28-44-45-29-25-36(31-51(45)43-9-3-2-8-42(43)50(44)30-35)41-13-7-17-49-47-15-5-11-39(53(47)61-55(41)49)34-22-26-37(27-23-34)56(57,58)59/h2-31H,1H3. The van der Waals surface area contributed by atoms with Crippen LogP contribution < -0.4 is 0 Å². The van der Waals surface area contributed by atoms with Gasteiger partial charge >= 0.3 is 6.18 Å². The van der Waals surface area contributed by atoms with Crippen molar-refractivity contribution in [3.63, 3.8) is 0 Å². The first-order valence-electron chi connectivity index (χ1n) is 20.3. The van der Waals surface area contributed by atoms with Crippen LogP contribution in [0, 0.1) is 6.92 Å². The van der Waals surface area contributed by atoms with Crippen LogP contribution in [0.3, 0.4) is 0 Å². The molecule has 0 atom stereocenters. The molecule has 0 saturated carbocycles. The summed E-state index contributed by atoms with van der Waals surface area (Å²) < 4.78 is 45.0. The molecule has 0 nitrogen and oxygen atoms in total. The lowest BCUT2D eigenvalue weighted by Gasteiger charge is -2.14. The third-order valence-corrected chi connectivity index (χ3v) is 15.0. The maximum Gasteiger partial charge on any atom is 0.416 e. The quantitative estimate of drug-likeness (QED) is 0.155. The molecule has 2 aromatic heterocycles. The Kier molecular flexibility index (Phi) is 8.06. The monoisotopic (exact) mass is 826 g/mol. The molecular formula is C56H33F3S2. The Morgan fingerprint density at radius 2 is 0.639 bits per heavy atom. The van der Waals surface area contributed by atoms with Gasteiger partial charge in [0.1, 0.15) is 0 Å². The second-order valence-electron chi connectivity index (χ2n) is 15.9. The molecule has 5 heteroatoms. The van der Waals surface area contributed by atoms with E-state index in [2.05, 4.69) is 153 Å². The molecule has 0 unspecified atom stereocenters. The molecule has 61 heavy (non-hydrogen) atoms. The van der Waals surface area contributed by atoms with Gasteiger partial charge in [0, 0.05) is 40.3 Å². The predicted octanol–water partition coefficient (Wildman–Crippen LogP) is 17.9. The fraction of sp³-hybridized carbons (Fsp3) is 0.0357. The average molecular weight is 827 g/mol. The Bertz CT molecular complexity index is 3720. The van der Waals surface area contributed by atoms with Gasteiger partial charge in [-0.25, -0.2) is 0 Å². The summed E-state index contributed by atoms with van der Waals surface area (Å²) in [6, 6.07) is 62.9. The predicted molar refractivity (Wildman–Crippen MR) is 256 cm³/mol. The van der Waals surface area contributed by atoms with Crippen molar-refractivity contribution < 1.29 is 13.2 Å². The van der Waals surface area contributed by atoms with Crippen LogP contribution in [-0.2, 0) is 6.18 Å². The smallest absolute Gasteiger partial charge is 0.166 e. The summed E-state index contributed by atoms with van der Waals surface area (Å²) in [5.41, 5.74) is 9.54. The van der Waals surface area contributed by atoms with Gasteiger partial charge in [0.05, 0.1) is 5.56 Å². The van der Waals surface area contributed by atoms with E-state index in [-0.39, 0.29) is 0 Å². The van der Waals surface area contributed by atoms with Crippen LogP contribution >= 0.6 is 22.7 Å². The molecule has 0 aliphatic carbocycles. The Morgan fingerprint density at radius 1 is 0.311 bits per heavy atom. The van der Waals surface area contributed by atoms with Crippen LogP contribution in [0.25, 0.3) is 117 Å². The molecule has 12 rings (SSSR count). The number of rotatable bonds is 4. The van der Waals surface area contributed by atoms with Crippen molar-refractivity contribution in [3.8, 4) is 44.5 Å². The summed E-state index contributed by atoms with van der Waals surface area (Å²) in [6.45, 7) is 2.13. The Hall–Kier alpha value is -6.79. The molecule has 0 saturated heterocycles. The van der Waals surface area contributed by atoms with Crippen molar-refractivity contribution >= 4 is 95.3 Å². The maximum atomic E-state index is 13.4. The van der Waals surface area contributed by atoms with Gasteiger partial charge in [0.15, 0.2) is 0 Å². The molecule has 10 aromatic carbocycles. The number of benzene rings is 10. The molecule has 0 N–H and O–H groups in total. The Labute approximate surface area is 357 Å². The van der Waals surface area contributed by atoms with Crippen LogP contribution in [0.15, 0.2) is 182 Å². The first kappa shape index (κ1) is 36.1. The molecule has 0 fully saturated rings. The Morgan fingerprint density at radius 3 is 1.03 bits per heavy atom. The third-order valence-electron chi connectivity index (χ3n) is 12.4. The van der Waals surface area contributed by atoms with Gasteiger partial charge in [-0.3, -0.25) is 0 Å². The zero-order valence-electron chi connectivity index (χ0n) is 32.8. The molecule has 0 bridgehead atoms. The van der Waals surface area contributed by atoms with Crippen molar-refractivity contribution in [2.24, 2.45) is 0 Å². The van der Waals surface area contributed by atoms with Crippen LogP contribution in [0.4, 0.5) is 13.2 Å². The minimum atomic E-state index is -4.37. The van der Waals surface area contributed by atoms with E-state index in [4.69, 9.17) is 0 Å². The lowest BCUT2D eigenvalue weighted by Crippen LogP contribution is -2.03. The van der Waals surface area contributed by atoms with Crippen molar-refractivity contribution in [2.45, 2.75) is 13.1 Å². The molecule has 0 amide bonds. The molecular weight excluding hydrogens is 794 g/mol. The number of hydrogen-bond donors (Lipinski definition) is 0. The largest absolute Gasteiger partial charge is 0.416 e. The van der Waals surface area contributed by atoms with E-state index in [0.29, 0.717) is 0 Å². The lowest BCUT2D eigenvalue weighted by atomic mass is 9.90. The van der Waals surface area contributed by atoms with E-state index in [0.717, 1.165) is 42.4 Å². The highest BCUT2D eigenvalue weighted by atomic mass is 32.1. The van der Waals surface area contributed by atoms with Gasteiger partial charge < -0.3 is 0 Å². The van der Waals surface area contributed by atoms with Crippen molar-refractivity contribution in [1.29, 1.82) is 0 Å². The highest BCUT2D eigenvalue weighted by molar-refractivity contribution is 7.27. The van der Waals surface area contributed by atoms with E-state index >= 15 is 0 Å². The van der Waals surface area contributed by atoms with Crippen molar-refractivity contribution in [1.82, 2.24) is 0 Å². The molecule has 0 radical (unpaired) electrons. The highest BCUT2D eigenvalue weighted by Gasteiger charge is 2.30. The second-order valence-corrected chi connectivity index (χ2v) is 18.0. The highest BCUT2D eigenvalue weighted by Crippen LogP contribution is 2.47. The molecule has 12 aromatic rings. The summed E-state index contributed by atoms with van der Waals surface area (Å²) in [5, 5.41) is 12.1. The first-order valence-corrected chi connectivity index (χ1v) is 21.9. The van der Waals surface area contributed by atoms with Crippen LogP contribution in [0.5, 0.6) is 0 Å². The minimum Gasteiger partial charge on any atom is -0.166 e. The topological polar surface area (TPSA) is 0 Å². The number of aryl methyl sites for hydroxylation is 1. The van der Waals surface area contributed by atoms with Gasteiger partial charge in [-0.05, 0) is 108 Å². The molecule has 0 aliphatic heterocycles. The number of halogens is 3. The summed E-state index contributed by atoms with van der Waals surface area (Å²) in [6.07, 6.45) is -4.37. The van der Waals surface area contributed by atoms with Crippen LogP contribution in [0.2, 0.25) is 0 Å². The van der Waals surface area contributed by atoms with E-state index in [9.17, 15) is 13.2 Å². The fourth-order valence-electron chi connectivity index (χ4n) is 9.41. The third kappa shape index (κ3) is 5.72. The normalized spacial score (nSPS) is 12.3. The zero-order chi connectivity index (χ0) is 41.0.